The van der Waals surface area contributed by atoms with Crippen molar-refractivity contribution in [1.29, 1.82) is 0 Å². The molecule has 0 amide bonds. The molecule has 2 aliphatic rings. The maximum absolute atomic E-state index is 5.95. The van der Waals surface area contributed by atoms with Crippen molar-refractivity contribution in [3.63, 3.8) is 0 Å². The van der Waals surface area contributed by atoms with E-state index in [0.29, 0.717) is 0 Å². The molecule has 1 aromatic rings. The smallest absolute Gasteiger partial charge is 0.117 e. The summed E-state index contributed by atoms with van der Waals surface area (Å²) in [5, 5.41) is 0. The molecule has 0 N–H and O–H groups in total. The van der Waals surface area contributed by atoms with Gasteiger partial charge in [-0.15, -0.1) is 0 Å². The van der Waals surface area contributed by atoms with Gasteiger partial charge in [0.15, 0.2) is 0 Å². The lowest BCUT2D eigenvalue weighted by atomic mass is 9.80. The molecule has 3 heterocycles. The van der Waals surface area contributed by atoms with Crippen LogP contribution in [-0.4, -0.2) is 69.5 Å². The number of furan rings is 1. The molecule has 0 aromatic carbocycles. The van der Waals surface area contributed by atoms with Crippen LogP contribution >= 0.6 is 0 Å². The summed E-state index contributed by atoms with van der Waals surface area (Å²) in [6.45, 7) is 8.81. The highest BCUT2D eigenvalue weighted by Crippen LogP contribution is 2.33. The van der Waals surface area contributed by atoms with Gasteiger partial charge in [-0.05, 0) is 31.5 Å². The van der Waals surface area contributed by atoms with Gasteiger partial charge in [-0.3, -0.25) is 9.80 Å². The van der Waals surface area contributed by atoms with Crippen molar-refractivity contribution in [2.24, 2.45) is 5.41 Å². The van der Waals surface area contributed by atoms with Gasteiger partial charge in [0.25, 0.3) is 0 Å². The van der Waals surface area contributed by atoms with Crippen LogP contribution in [0.1, 0.15) is 18.6 Å². The molecular formula is C17H28N2O3. The van der Waals surface area contributed by atoms with Crippen LogP contribution in [-0.2, 0) is 16.0 Å². The normalized spacial score (nSPS) is 28.0. The number of hydrogen-bond acceptors (Lipinski definition) is 5. The van der Waals surface area contributed by atoms with Crippen molar-refractivity contribution in [2.45, 2.75) is 19.4 Å². The van der Waals surface area contributed by atoms with Gasteiger partial charge in [-0.2, -0.15) is 0 Å². The van der Waals surface area contributed by atoms with E-state index in [4.69, 9.17) is 13.9 Å². The van der Waals surface area contributed by atoms with Crippen LogP contribution in [0.15, 0.2) is 22.8 Å². The number of rotatable bonds is 5. The fraction of sp³-hybridized carbons (Fsp3) is 0.765. The highest BCUT2D eigenvalue weighted by Gasteiger charge is 2.38. The first-order chi connectivity index (χ1) is 10.8. The first kappa shape index (κ1) is 16.0. The Morgan fingerprint density at radius 3 is 3.00 bits per heavy atom. The van der Waals surface area contributed by atoms with E-state index in [2.05, 4.69) is 15.9 Å². The molecular weight excluding hydrogens is 280 g/mol. The van der Waals surface area contributed by atoms with Gasteiger partial charge in [-0.25, -0.2) is 0 Å². The monoisotopic (exact) mass is 308 g/mol. The Hall–Kier alpha value is -0.880. The average Bonchev–Trinajstić information content (AvgIpc) is 2.94. The average molecular weight is 308 g/mol. The molecule has 0 bridgehead atoms. The Balaban J connectivity index is 1.62. The molecule has 3 rings (SSSR count). The minimum atomic E-state index is 0.259. The largest absolute Gasteiger partial charge is 0.468 e. The molecule has 1 spiro atoms. The zero-order valence-electron chi connectivity index (χ0n) is 13.6. The first-order valence-electron chi connectivity index (χ1n) is 8.33. The Bertz CT molecular complexity index is 437. The maximum atomic E-state index is 5.95. The van der Waals surface area contributed by atoms with Crippen LogP contribution in [0.5, 0.6) is 0 Å². The third kappa shape index (κ3) is 4.10. The van der Waals surface area contributed by atoms with Crippen LogP contribution in [0.4, 0.5) is 0 Å². The van der Waals surface area contributed by atoms with Crippen molar-refractivity contribution in [1.82, 2.24) is 9.80 Å². The second-order valence-electron chi connectivity index (χ2n) is 6.72. The highest BCUT2D eigenvalue weighted by atomic mass is 16.5. The molecule has 2 aliphatic heterocycles. The van der Waals surface area contributed by atoms with Crippen LogP contribution in [0, 0.1) is 5.41 Å². The number of nitrogens with zero attached hydrogens (tertiary/aromatic N) is 2. The zero-order chi connectivity index (χ0) is 15.3. The van der Waals surface area contributed by atoms with Crippen molar-refractivity contribution in [3.8, 4) is 0 Å². The fourth-order valence-corrected chi connectivity index (χ4v) is 3.81. The van der Waals surface area contributed by atoms with E-state index in [1.54, 1.807) is 13.4 Å². The van der Waals surface area contributed by atoms with E-state index in [0.717, 1.165) is 64.8 Å². The Labute approximate surface area is 133 Å². The van der Waals surface area contributed by atoms with E-state index in [1.807, 2.05) is 6.07 Å². The van der Waals surface area contributed by atoms with Gasteiger partial charge >= 0.3 is 0 Å². The summed E-state index contributed by atoms with van der Waals surface area (Å²) in [6.07, 6.45) is 4.25. The van der Waals surface area contributed by atoms with Gasteiger partial charge < -0.3 is 13.9 Å². The molecule has 124 valence electrons. The second kappa shape index (κ2) is 7.59. The summed E-state index contributed by atoms with van der Waals surface area (Å²) < 4.78 is 16.7. The summed E-state index contributed by atoms with van der Waals surface area (Å²) in [4.78, 5) is 5.03. The van der Waals surface area contributed by atoms with Crippen LogP contribution in [0.25, 0.3) is 0 Å². The van der Waals surface area contributed by atoms with Gasteiger partial charge in [0, 0.05) is 38.7 Å². The van der Waals surface area contributed by atoms with Gasteiger partial charge in [-0.1, -0.05) is 0 Å². The summed E-state index contributed by atoms with van der Waals surface area (Å²) in [7, 11) is 1.77. The molecule has 2 saturated heterocycles. The number of hydrogen-bond donors (Lipinski definition) is 0. The standard InChI is InChI=1S/C17H28N2O3/c1-20-10-7-18-8-11-21-15-17(13-18)5-3-6-19(14-17)12-16-4-2-9-22-16/h2,4,9H,3,5-8,10-15H2,1H3. The fourth-order valence-electron chi connectivity index (χ4n) is 3.81. The van der Waals surface area contributed by atoms with Crippen LogP contribution in [0.3, 0.4) is 0 Å². The molecule has 1 aromatic heterocycles. The van der Waals surface area contributed by atoms with E-state index in [1.165, 1.54) is 12.8 Å². The van der Waals surface area contributed by atoms with E-state index < -0.39 is 0 Å². The lowest BCUT2D eigenvalue weighted by Gasteiger charge is -2.43. The van der Waals surface area contributed by atoms with E-state index >= 15 is 0 Å². The third-order valence-corrected chi connectivity index (χ3v) is 4.83. The predicted molar refractivity (Wildman–Crippen MR) is 84.8 cm³/mol. The topological polar surface area (TPSA) is 38.1 Å². The predicted octanol–water partition coefficient (Wildman–Crippen LogP) is 1.84. The van der Waals surface area contributed by atoms with Crippen molar-refractivity contribution in [3.05, 3.63) is 24.2 Å². The summed E-state index contributed by atoms with van der Waals surface area (Å²) >= 11 is 0. The minimum Gasteiger partial charge on any atom is -0.468 e. The SMILES string of the molecule is COCCN1CCOCC2(CCCN(Cc3ccco3)C2)C1. The number of methoxy groups -OCH3 is 1. The molecule has 0 aliphatic carbocycles. The van der Waals surface area contributed by atoms with Crippen molar-refractivity contribution in [2.75, 3.05) is 59.7 Å². The molecule has 1 atom stereocenters. The summed E-state index contributed by atoms with van der Waals surface area (Å²) in [5.74, 6) is 1.06. The van der Waals surface area contributed by atoms with Crippen molar-refractivity contribution >= 4 is 0 Å². The molecule has 0 saturated carbocycles. The second-order valence-corrected chi connectivity index (χ2v) is 6.72. The Kier molecular flexibility index (Phi) is 5.52. The number of likely N-dealkylation sites (tertiary alicyclic amines) is 1. The highest BCUT2D eigenvalue weighted by molar-refractivity contribution is 4.99. The quantitative estimate of drug-likeness (QED) is 0.830. The van der Waals surface area contributed by atoms with Crippen LogP contribution < -0.4 is 0 Å². The van der Waals surface area contributed by atoms with E-state index in [9.17, 15) is 0 Å². The number of piperidine rings is 1. The Morgan fingerprint density at radius 2 is 2.18 bits per heavy atom. The maximum Gasteiger partial charge on any atom is 0.117 e. The first-order valence-corrected chi connectivity index (χ1v) is 8.33. The zero-order valence-corrected chi connectivity index (χ0v) is 13.6. The number of ether oxygens (including phenoxy) is 2. The molecule has 5 nitrogen and oxygen atoms in total. The minimum absolute atomic E-state index is 0.259. The molecule has 0 radical (unpaired) electrons. The van der Waals surface area contributed by atoms with Gasteiger partial charge in [0.2, 0.25) is 0 Å². The molecule has 1 unspecified atom stereocenters. The molecule has 2 fully saturated rings. The lowest BCUT2D eigenvalue weighted by molar-refractivity contribution is -0.000179. The van der Waals surface area contributed by atoms with Crippen LogP contribution in [0.2, 0.25) is 0 Å². The van der Waals surface area contributed by atoms with E-state index in [-0.39, 0.29) is 5.41 Å². The summed E-state index contributed by atoms with van der Waals surface area (Å²) in [5.41, 5.74) is 0.259. The van der Waals surface area contributed by atoms with Crippen molar-refractivity contribution < 1.29 is 13.9 Å². The molecule has 22 heavy (non-hydrogen) atoms. The summed E-state index contributed by atoms with van der Waals surface area (Å²) in [6, 6.07) is 4.03. The third-order valence-electron chi connectivity index (χ3n) is 4.83. The molecule has 5 heteroatoms. The van der Waals surface area contributed by atoms with Gasteiger partial charge in [0.1, 0.15) is 5.76 Å². The lowest BCUT2D eigenvalue weighted by Crippen LogP contribution is -2.50. The Morgan fingerprint density at radius 1 is 1.27 bits per heavy atom. The van der Waals surface area contributed by atoms with Gasteiger partial charge in [0.05, 0.1) is 32.6 Å².